The number of hydrogen-bond donors (Lipinski definition) is 0. The molecule has 0 aliphatic carbocycles. The first-order chi connectivity index (χ1) is 32.8. The highest BCUT2D eigenvalue weighted by atomic mass is 15.1. The Labute approximate surface area is 383 Å². The minimum Gasteiger partial charge on any atom is -0.310 e. The lowest BCUT2D eigenvalue weighted by atomic mass is 9.84. The molecule has 308 valence electrons. The van der Waals surface area contributed by atoms with Crippen LogP contribution in [0.4, 0.5) is 17.1 Å². The molecule has 0 aliphatic rings. The summed E-state index contributed by atoms with van der Waals surface area (Å²) in [7, 11) is 0. The van der Waals surface area contributed by atoms with Gasteiger partial charge in [0.15, 0.2) is 0 Å². The molecule has 12 aromatic carbocycles. The smallest absolute Gasteiger partial charge is 0.0561 e. The number of aromatic nitrogens is 1. The summed E-state index contributed by atoms with van der Waals surface area (Å²) in [5.74, 6) is 0. The first-order valence-corrected chi connectivity index (χ1v) is 22.8. The number of para-hydroxylation sites is 2. The normalized spacial score (nSPS) is 11.6. The van der Waals surface area contributed by atoms with Gasteiger partial charge < -0.3 is 9.47 Å². The number of hydrogen-bond acceptors (Lipinski definition) is 1. The maximum absolute atomic E-state index is 2.47. The van der Waals surface area contributed by atoms with E-state index in [1.807, 2.05) is 0 Å². The molecule has 1 aromatic heterocycles. The topological polar surface area (TPSA) is 8.17 Å². The number of rotatable bonds is 7. The van der Waals surface area contributed by atoms with Crippen molar-refractivity contribution < 1.29 is 0 Å². The van der Waals surface area contributed by atoms with Crippen molar-refractivity contribution in [1.29, 1.82) is 0 Å². The summed E-state index contributed by atoms with van der Waals surface area (Å²) in [4.78, 5) is 2.47. The van der Waals surface area contributed by atoms with Crippen molar-refractivity contribution in [3.8, 4) is 39.1 Å². The molecule has 0 unspecified atom stereocenters. The third kappa shape index (κ3) is 6.11. The van der Waals surface area contributed by atoms with E-state index in [1.54, 1.807) is 0 Å². The molecule has 0 amide bonds. The van der Waals surface area contributed by atoms with Gasteiger partial charge in [-0.25, -0.2) is 0 Å². The Hall–Kier alpha value is -8.72. The van der Waals surface area contributed by atoms with Crippen LogP contribution in [0, 0.1) is 0 Å². The third-order valence-corrected chi connectivity index (χ3v) is 13.5. The molecule has 0 spiro atoms. The molecule has 66 heavy (non-hydrogen) atoms. The first kappa shape index (κ1) is 37.8. The quantitative estimate of drug-likeness (QED) is 0.145. The predicted molar refractivity (Wildman–Crippen MR) is 282 cm³/mol. The molecule has 0 bridgehead atoms. The minimum atomic E-state index is 1.08. The zero-order valence-electron chi connectivity index (χ0n) is 36.1. The van der Waals surface area contributed by atoms with Crippen molar-refractivity contribution in [1.82, 2.24) is 4.57 Å². The molecule has 13 rings (SSSR count). The Morgan fingerprint density at radius 3 is 1.50 bits per heavy atom. The second kappa shape index (κ2) is 15.5. The second-order valence-corrected chi connectivity index (χ2v) is 17.2. The highest BCUT2D eigenvalue weighted by molar-refractivity contribution is 6.22. The summed E-state index contributed by atoms with van der Waals surface area (Å²) in [5, 5.41) is 12.3. The molecule has 2 heteroatoms. The average molecular weight is 839 g/mol. The summed E-state index contributed by atoms with van der Waals surface area (Å²) in [6.07, 6.45) is 0. The van der Waals surface area contributed by atoms with Gasteiger partial charge in [0, 0.05) is 33.2 Å². The molecule has 0 saturated heterocycles. The van der Waals surface area contributed by atoms with Gasteiger partial charge in [0.25, 0.3) is 0 Å². The maximum Gasteiger partial charge on any atom is 0.0561 e. The van der Waals surface area contributed by atoms with Crippen molar-refractivity contribution in [3.63, 3.8) is 0 Å². The van der Waals surface area contributed by atoms with Gasteiger partial charge in [-0.2, -0.15) is 0 Å². The van der Waals surface area contributed by atoms with Crippen LogP contribution in [0.1, 0.15) is 0 Å². The van der Waals surface area contributed by atoms with Crippen LogP contribution in [0.25, 0.3) is 104 Å². The number of fused-ring (bicyclic) bond motifs is 9. The number of anilines is 3. The van der Waals surface area contributed by atoms with E-state index in [9.17, 15) is 0 Å². The molecule has 1 heterocycles. The summed E-state index contributed by atoms with van der Waals surface area (Å²) in [6, 6.07) is 93.4. The lowest BCUT2D eigenvalue weighted by molar-refractivity contribution is 1.18. The average Bonchev–Trinajstić information content (AvgIpc) is 3.72. The van der Waals surface area contributed by atoms with Crippen molar-refractivity contribution in [2.45, 2.75) is 0 Å². The van der Waals surface area contributed by atoms with E-state index in [-0.39, 0.29) is 0 Å². The van der Waals surface area contributed by atoms with Gasteiger partial charge in [-0.1, -0.05) is 200 Å². The predicted octanol–water partition coefficient (Wildman–Crippen LogP) is 17.9. The largest absolute Gasteiger partial charge is 0.310 e. The van der Waals surface area contributed by atoms with Crippen LogP contribution in [-0.4, -0.2) is 4.57 Å². The standard InChI is InChI=1S/C64H42N2/c1-4-19-43(20-5-1)63-58-33-15-13-30-53(58)54-37-35-46(40-59(54)64(63)44-21-6-2-7-22-44)45-24-18-27-49(39-45)65(61-41-47-23-10-11-28-51(47)52-29-12-14-31-55(52)61)50-36-38-57-56-32-16-17-34-60(56)66(62(57)42-50)48-25-8-3-9-26-48/h1-42H. The SMILES string of the molecule is c1ccc(-c2c(-c3ccccc3)c3cc(-c4cccc(N(c5ccc6c7ccccc7n(-c7ccccc7)c6c5)c5cc6ccccc6c6ccccc56)c4)ccc3c3ccccc23)cc1. The van der Waals surface area contributed by atoms with Crippen molar-refractivity contribution in [2.75, 3.05) is 4.90 Å². The Kier molecular flexibility index (Phi) is 8.89. The van der Waals surface area contributed by atoms with Gasteiger partial charge in [0.2, 0.25) is 0 Å². The van der Waals surface area contributed by atoms with Crippen LogP contribution in [-0.2, 0) is 0 Å². The van der Waals surface area contributed by atoms with Crippen LogP contribution in [0.3, 0.4) is 0 Å². The van der Waals surface area contributed by atoms with Gasteiger partial charge in [0.05, 0.1) is 16.7 Å². The summed E-state index contributed by atoms with van der Waals surface area (Å²) in [5.41, 5.74) is 14.0. The van der Waals surface area contributed by atoms with E-state index in [4.69, 9.17) is 0 Å². The van der Waals surface area contributed by atoms with E-state index in [0.717, 1.165) is 33.8 Å². The molecule has 0 aliphatic heterocycles. The zero-order chi connectivity index (χ0) is 43.6. The third-order valence-electron chi connectivity index (χ3n) is 13.5. The summed E-state index contributed by atoms with van der Waals surface area (Å²) >= 11 is 0. The maximum atomic E-state index is 2.47. The second-order valence-electron chi connectivity index (χ2n) is 17.2. The highest BCUT2D eigenvalue weighted by Crippen LogP contribution is 2.48. The molecular formula is C64H42N2. The zero-order valence-corrected chi connectivity index (χ0v) is 36.1. The molecule has 0 fully saturated rings. The minimum absolute atomic E-state index is 1.08. The summed E-state index contributed by atoms with van der Waals surface area (Å²) < 4.78 is 2.41. The highest BCUT2D eigenvalue weighted by Gasteiger charge is 2.22. The van der Waals surface area contributed by atoms with E-state index < -0.39 is 0 Å². The van der Waals surface area contributed by atoms with E-state index in [2.05, 4.69) is 264 Å². The first-order valence-electron chi connectivity index (χ1n) is 22.8. The molecule has 0 radical (unpaired) electrons. The van der Waals surface area contributed by atoms with Gasteiger partial charge in [-0.05, 0) is 126 Å². The molecule has 0 N–H and O–H groups in total. The molecule has 0 saturated carbocycles. The number of nitrogens with zero attached hydrogens (tertiary/aromatic N) is 2. The Balaban J connectivity index is 1.07. The Morgan fingerprint density at radius 1 is 0.258 bits per heavy atom. The van der Waals surface area contributed by atoms with Gasteiger partial charge in [0.1, 0.15) is 0 Å². The molecular weight excluding hydrogens is 797 g/mol. The lowest BCUT2D eigenvalue weighted by Gasteiger charge is -2.28. The van der Waals surface area contributed by atoms with Crippen LogP contribution < -0.4 is 4.90 Å². The Bertz CT molecular complexity index is 3980. The summed E-state index contributed by atoms with van der Waals surface area (Å²) in [6.45, 7) is 0. The van der Waals surface area contributed by atoms with E-state index in [0.29, 0.717) is 0 Å². The molecule has 13 aromatic rings. The van der Waals surface area contributed by atoms with Crippen molar-refractivity contribution in [2.24, 2.45) is 0 Å². The fourth-order valence-electron chi connectivity index (χ4n) is 10.6. The van der Waals surface area contributed by atoms with Crippen molar-refractivity contribution in [3.05, 3.63) is 255 Å². The fraction of sp³-hybridized carbons (Fsp3) is 0. The van der Waals surface area contributed by atoms with Gasteiger partial charge in [-0.15, -0.1) is 0 Å². The van der Waals surface area contributed by atoms with Crippen molar-refractivity contribution >= 4 is 82.0 Å². The Morgan fingerprint density at radius 2 is 0.758 bits per heavy atom. The van der Waals surface area contributed by atoms with Crippen LogP contribution >= 0.6 is 0 Å². The number of benzene rings is 12. The lowest BCUT2D eigenvalue weighted by Crippen LogP contribution is -2.11. The van der Waals surface area contributed by atoms with E-state index in [1.165, 1.54) is 87.2 Å². The molecule has 2 nitrogen and oxygen atoms in total. The van der Waals surface area contributed by atoms with Crippen LogP contribution in [0.15, 0.2) is 255 Å². The van der Waals surface area contributed by atoms with E-state index >= 15 is 0 Å². The van der Waals surface area contributed by atoms with Crippen LogP contribution in [0.5, 0.6) is 0 Å². The fourth-order valence-corrected chi connectivity index (χ4v) is 10.6. The molecule has 0 atom stereocenters. The van der Waals surface area contributed by atoms with Crippen LogP contribution in [0.2, 0.25) is 0 Å². The van der Waals surface area contributed by atoms with Gasteiger partial charge in [-0.3, -0.25) is 0 Å². The van der Waals surface area contributed by atoms with Gasteiger partial charge >= 0.3 is 0 Å². The monoisotopic (exact) mass is 838 g/mol.